The first-order chi connectivity index (χ1) is 14.4. The molecule has 1 nitrogen and oxygen atoms in total. The summed E-state index contributed by atoms with van der Waals surface area (Å²) in [6.07, 6.45) is 5.44. The van der Waals surface area contributed by atoms with E-state index in [4.69, 9.17) is 4.74 Å². The molecular weight excluding hydrogens is 371 g/mol. The van der Waals surface area contributed by atoms with Gasteiger partial charge in [-0.2, -0.15) is 0 Å². The van der Waals surface area contributed by atoms with Gasteiger partial charge in [-0.25, -0.2) is 4.39 Å². The zero-order valence-corrected chi connectivity index (χ0v) is 18.7. The molecule has 0 saturated heterocycles. The van der Waals surface area contributed by atoms with E-state index in [1.165, 1.54) is 34.4 Å². The van der Waals surface area contributed by atoms with Crippen molar-refractivity contribution < 1.29 is 9.13 Å². The Morgan fingerprint density at radius 2 is 1.53 bits per heavy atom. The summed E-state index contributed by atoms with van der Waals surface area (Å²) in [6, 6.07) is 21.4. The lowest BCUT2D eigenvalue weighted by molar-refractivity contribution is 0.459. The SMILES string of the molecule is CCc1ccc(C(C)(C)CCCc2cccc(Oc3ccc(F)cc3)c2)cc1CC. The van der Waals surface area contributed by atoms with Crippen LogP contribution in [0.4, 0.5) is 4.39 Å². The Morgan fingerprint density at radius 1 is 0.800 bits per heavy atom. The van der Waals surface area contributed by atoms with Gasteiger partial charge in [0.15, 0.2) is 0 Å². The van der Waals surface area contributed by atoms with E-state index in [2.05, 4.69) is 58.0 Å². The molecule has 0 radical (unpaired) electrons. The summed E-state index contributed by atoms with van der Waals surface area (Å²) < 4.78 is 18.9. The summed E-state index contributed by atoms with van der Waals surface area (Å²) in [5, 5.41) is 0. The second-order valence-electron chi connectivity index (χ2n) is 8.63. The highest BCUT2D eigenvalue weighted by atomic mass is 19.1. The van der Waals surface area contributed by atoms with Crippen molar-refractivity contribution in [1.29, 1.82) is 0 Å². The Balaban J connectivity index is 1.61. The number of hydrogen-bond acceptors (Lipinski definition) is 1. The van der Waals surface area contributed by atoms with E-state index in [-0.39, 0.29) is 11.2 Å². The van der Waals surface area contributed by atoms with Gasteiger partial charge in [-0.1, -0.05) is 58.0 Å². The largest absolute Gasteiger partial charge is 0.457 e. The molecule has 30 heavy (non-hydrogen) atoms. The summed E-state index contributed by atoms with van der Waals surface area (Å²) in [4.78, 5) is 0. The Hall–Kier alpha value is -2.61. The summed E-state index contributed by atoms with van der Waals surface area (Å²) in [6.45, 7) is 9.17. The zero-order chi connectivity index (χ0) is 21.6. The summed E-state index contributed by atoms with van der Waals surface area (Å²) in [5.41, 5.74) is 5.80. The third kappa shape index (κ3) is 5.72. The smallest absolute Gasteiger partial charge is 0.127 e. The van der Waals surface area contributed by atoms with Crippen molar-refractivity contribution in [3.05, 3.63) is 94.8 Å². The summed E-state index contributed by atoms with van der Waals surface area (Å²) in [5.74, 6) is 1.19. The Bertz CT molecular complexity index is 957. The lowest BCUT2D eigenvalue weighted by Gasteiger charge is -2.26. The molecule has 0 bridgehead atoms. The molecule has 0 fully saturated rings. The van der Waals surface area contributed by atoms with Crippen molar-refractivity contribution in [2.75, 3.05) is 0 Å². The van der Waals surface area contributed by atoms with Gasteiger partial charge in [0.2, 0.25) is 0 Å². The van der Waals surface area contributed by atoms with E-state index < -0.39 is 0 Å². The van der Waals surface area contributed by atoms with Crippen LogP contribution in [0.1, 0.15) is 62.8 Å². The minimum atomic E-state index is -0.255. The minimum absolute atomic E-state index is 0.151. The first kappa shape index (κ1) is 22.1. The van der Waals surface area contributed by atoms with Crippen LogP contribution in [-0.4, -0.2) is 0 Å². The van der Waals surface area contributed by atoms with Gasteiger partial charge in [0.25, 0.3) is 0 Å². The van der Waals surface area contributed by atoms with Gasteiger partial charge >= 0.3 is 0 Å². The van der Waals surface area contributed by atoms with Crippen molar-refractivity contribution in [3.8, 4) is 11.5 Å². The zero-order valence-electron chi connectivity index (χ0n) is 18.7. The van der Waals surface area contributed by atoms with Crippen molar-refractivity contribution in [3.63, 3.8) is 0 Å². The van der Waals surface area contributed by atoms with Gasteiger partial charge in [-0.3, -0.25) is 0 Å². The molecule has 0 atom stereocenters. The number of aryl methyl sites for hydroxylation is 3. The highest BCUT2D eigenvalue weighted by Crippen LogP contribution is 2.31. The first-order valence-corrected chi connectivity index (χ1v) is 11.1. The van der Waals surface area contributed by atoms with Crippen LogP contribution in [0.2, 0.25) is 0 Å². The van der Waals surface area contributed by atoms with Crippen LogP contribution in [0.25, 0.3) is 0 Å². The molecule has 0 amide bonds. The van der Waals surface area contributed by atoms with E-state index in [0.717, 1.165) is 37.9 Å². The van der Waals surface area contributed by atoms with Gasteiger partial charge in [0, 0.05) is 0 Å². The fraction of sp³-hybridized carbons (Fsp3) is 0.357. The maximum absolute atomic E-state index is 13.1. The first-order valence-electron chi connectivity index (χ1n) is 11.1. The molecule has 0 saturated carbocycles. The molecule has 0 heterocycles. The second-order valence-corrected chi connectivity index (χ2v) is 8.63. The molecule has 0 spiro atoms. The van der Waals surface area contributed by atoms with Gasteiger partial charge in [0.1, 0.15) is 17.3 Å². The Kier molecular flexibility index (Phi) is 7.31. The topological polar surface area (TPSA) is 9.23 Å². The molecule has 0 aliphatic rings. The maximum atomic E-state index is 13.1. The second kappa shape index (κ2) is 9.93. The van der Waals surface area contributed by atoms with Gasteiger partial charge in [-0.15, -0.1) is 0 Å². The summed E-state index contributed by atoms with van der Waals surface area (Å²) in [7, 11) is 0. The average molecular weight is 405 g/mol. The van der Waals surface area contributed by atoms with Crippen molar-refractivity contribution in [2.24, 2.45) is 0 Å². The predicted octanol–water partition coefficient (Wildman–Crippen LogP) is 8.04. The van der Waals surface area contributed by atoms with Crippen LogP contribution in [0.5, 0.6) is 11.5 Å². The highest BCUT2D eigenvalue weighted by molar-refractivity contribution is 5.36. The van der Waals surface area contributed by atoms with Crippen molar-refractivity contribution in [2.45, 2.75) is 65.2 Å². The molecule has 2 heteroatoms. The maximum Gasteiger partial charge on any atom is 0.127 e. The fourth-order valence-corrected chi connectivity index (χ4v) is 4.00. The van der Waals surface area contributed by atoms with Gasteiger partial charge < -0.3 is 4.74 Å². The molecule has 0 aliphatic heterocycles. The van der Waals surface area contributed by atoms with Crippen molar-refractivity contribution >= 4 is 0 Å². The normalized spacial score (nSPS) is 11.5. The Morgan fingerprint density at radius 3 is 2.23 bits per heavy atom. The molecule has 0 aliphatic carbocycles. The molecule has 3 aromatic carbocycles. The van der Waals surface area contributed by atoms with Gasteiger partial charge in [-0.05, 0) is 96.2 Å². The van der Waals surface area contributed by atoms with Crippen molar-refractivity contribution in [1.82, 2.24) is 0 Å². The quantitative estimate of drug-likeness (QED) is 0.350. The third-order valence-electron chi connectivity index (χ3n) is 5.96. The fourth-order valence-electron chi connectivity index (χ4n) is 4.00. The van der Waals surface area contributed by atoms with Crippen LogP contribution in [0.15, 0.2) is 66.7 Å². The molecule has 3 aromatic rings. The van der Waals surface area contributed by atoms with E-state index in [1.807, 2.05) is 12.1 Å². The number of ether oxygens (including phenoxy) is 1. The average Bonchev–Trinajstić information content (AvgIpc) is 2.75. The summed E-state index contributed by atoms with van der Waals surface area (Å²) >= 11 is 0. The van der Waals surface area contributed by atoms with E-state index in [9.17, 15) is 4.39 Å². The lowest BCUT2D eigenvalue weighted by Crippen LogP contribution is -2.18. The van der Waals surface area contributed by atoms with Crippen LogP contribution in [0.3, 0.4) is 0 Å². The van der Waals surface area contributed by atoms with Crippen LogP contribution in [0, 0.1) is 5.82 Å². The third-order valence-corrected chi connectivity index (χ3v) is 5.96. The number of hydrogen-bond donors (Lipinski definition) is 0. The van der Waals surface area contributed by atoms with E-state index >= 15 is 0 Å². The highest BCUT2D eigenvalue weighted by Gasteiger charge is 2.21. The van der Waals surface area contributed by atoms with E-state index in [1.54, 1.807) is 12.1 Å². The molecule has 158 valence electrons. The monoisotopic (exact) mass is 404 g/mol. The standard InChI is InChI=1S/C28H33FO/c1-5-22-12-13-24(20-23(22)6-2)28(3,4)18-8-10-21-9-7-11-27(19-21)30-26-16-14-25(29)15-17-26/h7,9,11-17,19-20H,5-6,8,10,18H2,1-4H3. The minimum Gasteiger partial charge on any atom is -0.457 e. The number of rotatable bonds is 9. The molecule has 0 N–H and O–H groups in total. The van der Waals surface area contributed by atoms with E-state index in [0.29, 0.717) is 5.75 Å². The van der Waals surface area contributed by atoms with Crippen LogP contribution < -0.4 is 4.74 Å². The number of halogens is 1. The lowest BCUT2D eigenvalue weighted by atomic mass is 9.78. The van der Waals surface area contributed by atoms with Gasteiger partial charge in [0.05, 0.1) is 0 Å². The predicted molar refractivity (Wildman–Crippen MR) is 124 cm³/mol. The van der Waals surface area contributed by atoms with Crippen LogP contribution in [-0.2, 0) is 24.7 Å². The van der Waals surface area contributed by atoms with Crippen LogP contribution >= 0.6 is 0 Å². The Labute approximate surface area is 180 Å². The number of benzene rings is 3. The molecule has 3 rings (SSSR count). The molecule has 0 unspecified atom stereocenters. The molecule has 0 aromatic heterocycles. The molecular formula is C28H33FO.